The van der Waals surface area contributed by atoms with E-state index in [-0.39, 0.29) is 11.6 Å². The van der Waals surface area contributed by atoms with Gasteiger partial charge in [-0.2, -0.15) is 0 Å². The van der Waals surface area contributed by atoms with Crippen molar-refractivity contribution < 1.29 is 9.59 Å². The van der Waals surface area contributed by atoms with Crippen molar-refractivity contribution >= 4 is 17.1 Å². The predicted octanol–water partition coefficient (Wildman–Crippen LogP) is 4.33. The van der Waals surface area contributed by atoms with Gasteiger partial charge < -0.3 is 4.40 Å². The van der Waals surface area contributed by atoms with Gasteiger partial charge in [0.1, 0.15) is 0 Å². The summed E-state index contributed by atoms with van der Waals surface area (Å²) in [5.74, 6) is -0.0352. The van der Waals surface area contributed by atoms with E-state index in [0.717, 1.165) is 17.5 Å². The van der Waals surface area contributed by atoms with Gasteiger partial charge in [-0.05, 0) is 24.1 Å². The summed E-state index contributed by atoms with van der Waals surface area (Å²) in [4.78, 5) is 25.3. The number of carbonyl (C=O) groups is 2. The van der Waals surface area contributed by atoms with Crippen LogP contribution in [0.3, 0.4) is 0 Å². The zero-order valence-electron chi connectivity index (χ0n) is 13.4. The fourth-order valence-corrected chi connectivity index (χ4v) is 3.12. The number of fused-ring (bicyclic) bond motifs is 1. The Morgan fingerprint density at radius 1 is 1.00 bits per heavy atom. The number of hydrogen-bond acceptors (Lipinski definition) is 2. The molecule has 0 amide bonds. The monoisotopic (exact) mass is 305 g/mol. The SMILES string of the molecule is CCCc1c(C(=O)c2ccccc2)c2ccccn2c1C(C)=O. The largest absolute Gasteiger partial charge is 0.313 e. The molecule has 3 rings (SSSR count). The topological polar surface area (TPSA) is 38.5 Å². The van der Waals surface area contributed by atoms with Crippen LogP contribution in [0.5, 0.6) is 0 Å². The second-order valence-corrected chi connectivity index (χ2v) is 5.66. The van der Waals surface area contributed by atoms with Gasteiger partial charge in [0.2, 0.25) is 0 Å². The number of rotatable bonds is 5. The molecule has 0 radical (unpaired) electrons. The molecule has 3 aromatic rings. The zero-order valence-corrected chi connectivity index (χ0v) is 13.4. The maximum atomic E-state index is 13.1. The summed E-state index contributed by atoms with van der Waals surface area (Å²) in [6, 6.07) is 14.9. The second kappa shape index (κ2) is 6.21. The minimum Gasteiger partial charge on any atom is -0.313 e. The highest BCUT2D eigenvalue weighted by molar-refractivity contribution is 6.16. The van der Waals surface area contributed by atoms with Crippen molar-refractivity contribution in [1.29, 1.82) is 0 Å². The molecule has 1 aromatic carbocycles. The number of pyridine rings is 1. The average Bonchev–Trinajstić information content (AvgIpc) is 2.89. The van der Waals surface area contributed by atoms with Gasteiger partial charge in [-0.25, -0.2) is 0 Å². The third-order valence-corrected chi connectivity index (χ3v) is 4.04. The van der Waals surface area contributed by atoms with Crippen molar-refractivity contribution in [2.75, 3.05) is 0 Å². The van der Waals surface area contributed by atoms with Gasteiger partial charge in [0.05, 0.1) is 16.8 Å². The number of Topliss-reactive ketones (excluding diaryl/α,β-unsaturated/α-hetero) is 1. The van der Waals surface area contributed by atoms with Crippen LogP contribution < -0.4 is 0 Å². The molecule has 2 heterocycles. The summed E-state index contributed by atoms with van der Waals surface area (Å²) in [6.07, 6.45) is 3.45. The molecule has 0 aliphatic heterocycles. The molecule has 0 bridgehead atoms. The lowest BCUT2D eigenvalue weighted by Gasteiger charge is -2.05. The third kappa shape index (κ3) is 2.59. The molecule has 0 saturated carbocycles. The van der Waals surface area contributed by atoms with E-state index in [9.17, 15) is 9.59 Å². The number of aromatic nitrogens is 1. The Bertz CT molecular complexity index is 875. The Hall–Kier alpha value is -2.68. The van der Waals surface area contributed by atoms with E-state index in [1.807, 2.05) is 59.1 Å². The summed E-state index contributed by atoms with van der Waals surface area (Å²) < 4.78 is 1.85. The molecule has 3 nitrogen and oxygen atoms in total. The van der Waals surface area contributed by atoms with E-state index in [2.05, 4.69) is 6.92 Å². The minimum absolute atomic E-state index is 0.0123. The average molecular weight is 305 g/mol. The first kappa shape index (κ1) is 15.2. The summed E-state index contributed by atoms with van der Waals surface area (Å²) in [5, 5.41) is 0. The molecule has 0 spiro atoms. The summed E-state index contributed by atoms with van der Waals surface area (Å²) in [7, 11) is 0. The Morgan fingerprint density at radius 3 is 2.35 bits per heavy atom. The molecule has 0 aliphatic carbocycles. The van der Waals surface area contributed by atoms with Crippen LogP contribution in [0.1, 0.15) is 52.2 Å². The predicted molar refractivity (Wildman–Crippen MR) is 91.3 cm³/mol. The molecular formula is C20H19NO2. The van der Waals surface area contributed by atoms with Gasteiger partial charge in [0, 0.05) is 18.7 Å². The van der Waals surface area contributed by atoms with Crippen LogP contribution in [0.15, 0.2) is 54.7 Å². The first-order chi connectivity index (χ1) is 11.1. The maximum absolute atomic E-state index is 13.1. The molecule has 0 N–H and O–H groups in total. The van der Waals surface area contributed by atoms with Gasteiger partial charge in [-0.1, -0.05) is 49.7 Å². The zero-order chi connectivity index (χ0) is 16.4. The van der Waals surface area contributed by atoms with Crippen LogP contribution in [0.25, 0.3) is 5.52 Å². The molecule has 23 heavy (non-hydrogen) atoms. The quantitative estimate of drug-likeness (QED) is 0.658. The molecule has 0 unspecified atom stereocenters. The highest BCUT2D eigenvalue weighted by Gasteiger charge is 2.25. The van der Waals surface area contributed by atoms with Gasteiger partial charge >= 0.3 is 0 Å². The molecule has 0 atom stereocenters. The maximum Gasteiger partial charge on any atom is 0.195 e. The van der Waals surface area contributed by atoms with Crippen molar-refractivity contribution in [2.45, 2.75) is 26.7 Å². The molecule has 116 valence electrons. The summed E-state index contributed by atoms with van der Waals surface area (Å²) in [5.41, 5.74) is 3.59. The molecule has 0 fully saturated rings. The van der Waals surface area contributed by atoms with E-state index in [4.69, 9.17) is 0 Å². The number of nitrogens with zero attached hydrogens (tertiary/aromatic N) is 1. The van der Waals surface area contributed by atoms with Crippen molar-refractivity contribution in [1.82, 2.24) is 4.40 Å². The lowest BCUT2D eigenvalue weighted by atomic mass is 9.96. The first-order valence-electron chi connectivity index (χ1n) is 7.87. The number of carbonyl (C=O) groups excluding carboxylic acids is 2. The van der Waals surface area contributed by atoms with E-state index >= 15 is 0 Å². The number of hydrogen-bond donors (Lipinski definition) is 0. The van der Waals surface area contributed by atoms with Crippen LogP contribution in [0.2, 0.25) is 0 Å². The van der Waals surface area contributed by atoms with Crippen LogP contribution in [-0.2, 0) is 6.42 Å². The molecule has 2 aromatic heterocycles. The number of ketones is 2. The Morgan fingerprint density at radius 2 is 1.70 bits per heavy atom. The second-order valence-electron chi connectivity index (χ2n) is 5.66. The van der Waals surface area contributed by atoms with E-state index in [0.29, 0.717) is 23.2 Å². The van der Waals surface area contributed by atoms with Crippen molar-refractivity contribution in [3.8, 4) is 0 Å². The summed E-state index contributed by atoms with van der Waals surface area (Å²) >= 11 is 0. The molecule has 3 heteroatoms. The molecule has 0 aliphatic rings. The Labute approximate surface area is 135 Å². The third-order valence-electron chi connectivity index (χ3n) is 4.04. The molecular weight excluding hydrogens is 286 g/mol. The van der Waals surface area contributed by atoms with Crippen molar-refractivity contribution in [3.05, 3.63) is 77.1 Å². The smallest absolute Gasteiger partial charge is 0.195 e. The lowest BCUT2D eigenvalue weighted by molar-refractivity contribution is 0.101. The molecule has 0 saturated heterocycles. The Balaban J connectivity index is 2.33. The summed E-state index contributed by atoms with van der Waals surface area (Å²) in [6.45, 7) is 3.62. The van der Waals surface area contributed by atoms with E-state index < -0.39 is 0 Å². The van der Waals surface area contributed by atoms with Gasteiger partial charge in [-0.3, -0.25) is 9.59 Å². The van der Waals surface area contributed by atoms with Crippen molar-refractivity contribution in [3.63, 3.8) is 0 Å². The van der Waals surface area contributed by atoms with Crippen LogP contribution in [0, 0.1) is 0 Å². The fourth-order valence-electron chi connectivity index (χ4n) is 3.12. The van der Waals surface area contributed by atoms with Crippen LogP contribution in [-0.4, -0.2) is 16.0 Å². The minimum atomic E-state index is -0.0229. The van der Waals surface area contributed by atoms with Crippen LogP contribution in [0.4, 0.5) is 0 Å². The highest BCUT2D eigenvalue weighted by Crippen LogP contribution is 2.28. The van der Waals surface area contributed by atoms with Crippen LogP contribution >= 0.6 is 0 Å². The fraction of sp³-hybridized carbons (Fsp3) is 0.200. The van der Waals surface area contributed by atoms with E-state index in [1.165, 1.54) is 0 Å². The van der Waals surface area contributed by atoms with Crippen molar-refractivity contribution in [2.24, 2.45) is 0 Å². The lowest BCUT2D eigenvalue weighted by Crippen LogP contribution is -2.06. The standard InChI is InChI=1S/C20H19NO2/c1-3-9-16-18(20(23)15-10-5-4-6-11-15)17-12-7-8-13-21(17)19(16)14(2)22/h4-8,10-13H,3,9H2,1-2H3. The van der Waals surface area contributed by atoms with Gasteiger partial charge in [-0.15, -0.1) is 0 Å². The van der Waals surface area contributed by atoms with E-state index in [1.54, 1.807) is 6.92 Å². The number of benzene rings is 1. The first-order valence-corrected chi connectivity index (χ1v) is 7.87. The highest BCUT2D eigenvalue weighted by atomic mass is 16.1. The Kier molecular flexibility index (Phi) is 4.11. The normalized spacial score (nSPS) is 10.9. The van der Waals surface area contributed by atoms with Gasteiger partial charge in [0.15, 0.2) is 11.6 Å². The van der Waals surface area contributed by atoms with Gasteiger partial charge in [0.25, 0.3) is 0 Å².